The Balaban J connectivity index is 1.15. The van der Waals surface area contributed by atoms with Crippen LogP contribution in [0.3, 0.4) is 0 Å². The molecule has 0 aliphatic rings. The maximum Gasteiger partial charge on any atom is 0.164 e. The average molecular weight is 717 g/mol. The number of rotatable bonds is 6. The van der Waals surface area contributed by atoms with Crippen molar-refractivity contribution >= 4 is 43.7 Å². The van der Waals surface area contributed by atoms with Crippen molar-refractivity contribution in [1.29, 1.82) is 0 Å². The molecule has 3 heterocycles. The fourth-order valence-electron chi connectivity index (χ4n) is 8.00. The van der Waals surface area contributed by atoms with Crippen molar-refractivity contribution in [3.05, 3.63) is 194 Å². The van der Waals surface area contributed by atoms with Gasteiger partial charge in [0, 0.05) is 43.9 Å². The zero-order valence-corrected chi connectivity index (χ0v) is 30.2. The molecule has 0 fully saturated rings. The molecule has 5 nitrogen and oxygen atoms in total. The van der Waals surface area contributed by atoms with Crippen molar-refractivity contribution in [3.63, 3.8) is 0 Å². The largest absolute Gasteiger partial charge is 0.456 e. The van der Waals surface area contributed by atoms with E-state index in [2.05, 4.69) is 132 Å². The molecule has 0 N–H and O–H groups in total. The zero-order chi connectivity index (χ0) is 37.0. The minimum absolute atomic E-state index is 0.587. The number of para-hydroxylation sites is 2. The molecular formula is C51H32N4O. The second-order valence-electron chi connectivity index (χ2n) is 14.0. The fourth-order valence-corrected chi connectivity index (χ4v) is 8.00. The summed E-state index contributed by atoms with van der Waals surface area (Å²) in [6, 6.07) is 67.4. The van der Waals surface area contributed by atoms with E-state index in [9.17, 15) is 0 Å². The lowest BCUT2D eigenvalue weighted by atomic mass is 9.96. The van der Waals surface area contributed by atoms with Crippen LogP contribution in [0.25, 0.3) is 106 Å². The Bertz CT molecular complexity index is 3170. The predicted octanol–water partition coefficient (Wildman–Crippen LogP) is 13.2. The molecule has 0 unspecified atom stereocenters. The summed E-state index contributed by atoms with van der Waals surface area (Å²) in [6.45, 7) is 0. The second kappa shape index (κ2) is 13.0. The molecule has 11 aromatic rings. The van der Waals surface area contributed by atoms with E-state index >= 15 is 0 Å². The third-order valence-electron chi connectivity index (χ3n) is 10.6. The van der Waals surface area contributed by atoms with Gasteiger partial charge in [0.1, 0.15) is 11.2 Å². The van der Waals surface area contributed by atoms with Crippen LogP contribution in [-0.4, -0.2) is 19.5 Å². The Hall–Kier alpha value is -7.63. The monoisotopic (exact) mass is 716 g/mol. The highest BCUT2D eigenvalue weighted by atomic mass is 16.3. The summed E-state index contributed by atoms with van der Waals surface area (Å²) in [6.07, 6.45) is 0. The molecule has 0 bridgehead atoms. The molecule has 56 heavy (non-hydrogen) atoms. The van der Waals surface area contributed by atoms with Gasteiger partial charge in [0.2, 0.25) is 0 Å². The van der Waals surface area contributed by atoms with Crippen LogP contribution >= 0.6 is 0 Å². The van der Waals surface area contributed by atoms with E-state index in [1.54, 1.807) is 0 Å². The molecule has 0 aliphatic heterocycles. The van der Waals surface area contributed by atoms with E-state index in [1.165, 1.54) is 21.8 Å². The number of hydrogen-bond donors (Lipinski definition) is 0. The van der Waals surface area contributed by atoms with Crippen LogP contribution in [0.1, 0.15) is 0 Å². The Morgan fingerprint density at radius 1 is 0.339 bits per heavy atom. The smallest absolute Gasteiger partial charge is 0.164 e. The first kappa shape index (κ1) is 31.9. The Labute approximate surface area is 322 Å². The minimum Gasteiger partial charge on any atom is -0.456 e. The van der Waals surface area contributed by atoms with Gasteiger partial charge in [0.05, 0.1) is 11.0 Å². The van der Waals surface area contributed by atoms with Crippen LogP contribution in [-0.2, 0) is 0 Å². The van der Waals surface area contributed by atoms with Gasteiger partial charge in [-0.05, 0) is 76.9 Å². The van der Waals surface area contributed by atoms with Gasteiger partial charge in [0.15, 0.2) is 17.5 Å². The predicted molar refractivity (Wildman–Crippen MR) is 229 cm³/mol. The third-order valence-corrected chi connectivity index (χ3v) is 10.6. The van der Waals surface area contributed by atoms with Crippen LogP contribution in [0.4, 0.5) is 0 Å². The lowest BCUT2D eigenvalue weighted by molar-refractivity contribution is 0.669. The highest BCUT2D eigenvalue weighted by Gasteiger charge is 2.21. The highest BCUT2D eigenvalue weighted by Crippen LogP contribution is 2.42. The van der Waals surface area contributed by atoms with E-state index in [0.717, 1.165) is 66.6 Å². The Morgan fingerprint density at radius 2 is 0.875 bits per heavy atom. The van der Waals surface area contributed by atoms with E-state index in [1.807, 2.05) is 66.7 Å². The third kappa shape index (κ3) is 5.37. The highest BCUT2D eigenvalue weighted by molar-refractivity contribution is 6.15. The summed E-state index contributed by atoms with van der Waals surface area (Å²) in [4.78, 5) is 15.3. The molecule has 0 aliphatic carbocycles. The van der Waals surface area contributed by atoms with Crippen LogP contribution in [0.15, 0.2) is 199 Å². The molecule has 262 valence electrons. The number of benzene rings is 8. The molecule has 11 rings (SSSR count). The molecule has 3 aromatic heterocycles. The summed E-state index contributed by atoms with van der Waals surface area (Å²) >= 11 is 0. The van der Waals surface area contributed by atoms with Crippen LogP contribution in [0.2, 0.25) is 0 Å². The number of aromatic nitrogens is 4. The van der Waals surface area contributed by atoms with Crippen LogP contribution in [0.5, 0.6) is 0 Å². The van der Waals surface area contributed by atoms with Crippen molar-refractivity contribution < 1.29 is 4.42 Å². The normalized spacial score (nSPS) is 11.6. The molecule has 0 radical (unpaired) electrons. The van der Waals surface area contributed by atoms with Gasteiger partial charge in [-0.15, -0.1) is 0 Å². The molecule has 0 saturated heterocycles. The van der Waals surface area contributed by atoms with Crippen molar-refractivity contribution in [2.45, 2.75) is 0 Å². The fraction of sp³-hybridized carbons (Fsp3) is 0. The Morgan fingerprint density at radius 3 is 1.55 bits per heavy atom. The molecule has 5 heteroatoms. The summed E-state index contributed by atoms with van der Waals surface area (Å²) < 4.78 is 9.05. The second-order valence-corrected chi connectivity index (χ2v) is 14.0. The quantitative estimate of drug-likeness (QED) is 0.172. The molecule has 0 saturated carbocycles. The van der Waals surface area contributed by atoms with Gasteiger partial charge < -0.3 is 8.98 Å². The van der Waals surface area contributed by atoms with Crippen LogP contribution in [0, 0.1) is 0 Å². The zero-order valence-electron chi connectivity index (χ0n) is 30.2. The van der Waals surface area contributed by atoms with Crippen molar-refractivity contribution in [2.24, 2.45) is 0 Å². The topological polar surface area (TPSA) is 56.7 Å². The number of fused-ring (bicyclic) bond motifs is 6. The molecule has 0 amide bonds. The first-order chi connectivity index (χ1) is 27.7. The Kier molecular flexibility index (Phi) is 7.42. The number of hydrogen-bond acceptors (Lipinski definition) is 4. The lowest BCUT2D eigenvalue weighted by Crippen LogP contribution is -2.00. The van der Waals surface area contributed by atoms with Gasteiger partial charge in [-0.1, -0.05) is 140 Å². The average Bonchev–Trinajstić information content (AvgIpc) is 3.82. The van der Waals surface area contributed by atoms with E-state index in [-0.39, 0.29) is 0 Å². The van der Waals surface area contributed by atoms with Gasteiger partial charge in [-0.25, -0.2) is 15.0 Å². The number of furan rings is 1. The van der Waals surface area contributed by atoms with E-state index in [4.69, 9.17) is 19.4 Å². The van der Waals surface area contributed by atoms with Gasteiger partial charge in [-0.2, -0.15) is 0 Å². The van der Waals surface area contributed by atoms with E-state index < -0.39 is 0 Å². The standard InChI is InChI=1S/C51H32N4O/c1-5-15-33(16-6-1)38-31-43(51-53-49(34-17-7-2-8-18-34)52-50(54-51)35-19-9-3-10-20-35)48-42-30-37(26-28-46(42)56-47(48)32-38)36-25-27-45-41(29-36)40-23-13-14-24-44(40)55(45)39-21-11-4-12-22-39/h1-32H. The van der Waals surface area contributed by atoms with Crippen molar-refractivity contribution in [2.75, 3.05) is 0 Å². The van der Waals surface area contributed by atoms with Crippen LogP contribution < -0.4 is 0 Å². The summed E-state index contributed by atoms with van der Waals surface area (Å²) in [5, 5.41) is 4.39. The maximum atomic E-state index is 6.70. The molecule has 0 atom stereocenters. The summed E-state index contributed by atoms with van der Waals surface area (Å²) in [5.74, 6) is 1.82. The van der Waals surface area contributed by atoms with E-state index in [0.29, 0.717) is 17.5 Å². The maximum absolute atomic E-state index is 6.70. The molecule has 8 aromatic carbocycles. The number of nitrogens with zero attached hydrogens (tertiary/aromatic N) is 4. The lowest BCUT2D eigenvalue weighted by Gasteiger charge is -2.11. The minimum atomic E-state index is 0.587. The SMILES string of the molecule is c1ccc(-c2cc(-c3nc(-c4ccccc4)nc(-c4ccccc4)n3)c3c(c2)oc2ccc(-c4ccc5c(c4)c4ccccc4n5-c4ccccc4)cc23)cc1. The first-order valence-corrected chi connectivity index (χ1v) is 18.8. The van der Waals surface area contributed by atoms with Crippen molar-refractivity contribution in [1.82, 2.24) is 19.5 Å². The molecule has 0 spiro atoms. The summed E-state index contributed by atoms with van der Waals surface area (Å²) in [5.41, 5.74) is 12.1. The van der Waals surface area contributed by atoms with Crippen molar-refractivity contribution in [3.8, 4) is 62.1 Å². The molecular weight excluding hydrogens is 685 g/mol. The van der Waals surface area contributed by atoms with Gasteiger partial charge >= 0.3 is 0 Å². The van der Waals surface area contributed by atoms with Gasteiger partial charge in [-0.3, -0.25) is 0 Å². The summed E-state index contributed by atoms with van der Waals surface area (Å²) in [7, 11) is 0. The van der Waals surface area contributed by atoms with Gasteiger partial charge in [0.25, 0.3) is 0 Å². The first-order valence-electron chi connectivity index (χ1n) is 18.8.